The van der Waals surface area contributed by atoms with Gasteiger partial charge >= 0.3 is 0 Å². The van der Waals surface area contributed by atoms with E-state index in [0.29, 0.717) is 21.5 Å². The topological polar surface area (TPSA) is 75.6 Å². The number of methoxy groups -OCH3 is 1. The number of ether oxygens (including phenoxy) is 1. The number of nitrogens with one attached hydrogen (secondary N) is 1. The van der Waals surface area contributed by atoms with Crippen LogP contribution in [0.5, 0.6) is 5.75 Å². The average molecular weight is 372 g/mol. The summed E-state index contributed by atoms with van der Waals surface area (Å²) in [7, 11) is -2.20. The van der Waals surface area contributed by atoms with Gasteiger partial charge in [-0.15, -0.1) is 0 Å². The largest absolute Gasteiger partial charge is 0.496 e. The zero-order valence-corrected chi connectivity index (χ0v) is 13.6. The second-order valence-electron chi connectivity index (χ2n) is 4.26. The summed E-state index contributed by atoms with van der Waals surface area (Å²) < 4.78 is 32.7. The molecule has 0 aliphatic heterocycles. The zero-order chi connectivity index (χ0) is 15.5. The molecule has 7 heteroatoms. The number of rotatable bonds is 5. The summed E-state index contributed by atoms with van der Waals surface area (Å²) in [5, 5.41) is 9.07. The number of anilines is 1. The van der Waals surface area contributed by atoms with Gasteiger partial charge in [0.25, 0.3) is 10.0 Å². The Morgan fingerprint density at radius 2 is 2.00 bits per heavy atom. The Morgan fingerprint density at radius 1 is 1.24 bits per heavy atom. The smallest absolute Gasteiger partial charge is 0.261 e. The maximum atomic E-state index is 12.3. The van der Waals surface area contributed by atoms with Crippen LogP contribution in [0.15, 0.2) is 51.8 Å². The first-order chi connectivity index (χ1) is 9.96. The van der Waals surface area contributed by atoms with Gasteiger partial charge in [0.2, 0.25) is 0 Å². The standard InChI is InChI=1S/C14H14BrNO4S/c1-20-14-6-5-12(8-13(14)15)21(18,19)16-11-4-2-3-10(7-11)9-17/h2-8,16-17H,9H2,1H3. The normalized spacial score (nSPS) is 11.2. The summed E-state index contributed by atoms with van der Waals surface area (Å²) in [5.74, 6) is 0.552. The molecule has 0 radical (unpaired) electrons. The summed E-state index contributed by atoms with van der Waals surface area (Å²) in [5.41, 5.74) is 1.03. The van der Waals surface area contributed by atoms with E-state index < -0.39 is 10.0 Å². The maximum absolute atomic E-state index is 12.3. The third-order valence-corrected chi connectivity index (χ3v) is 4.79. The average Bonchev–Trinajstić information content (AvgIpc) is 2.47. The fourth-order valence-corrected chi connectivity index (χ4v) is 3.53. The second-order valence-corrected chi connectivity index (χ2v) is 6.80. The van der Waals surface area contributed by atoms with Gasteiger partial charge < -0.3 is 9.84 Å². The molecule has 2 aromatic carbocycles. The molecule has 0 saturated heterocycles. The minimum absolute atomic E-state index is 0.115. The van der Waals surface area contributed by atoms with Crippen molar-refractivity contribution in [3.8, 4) is 5.75 Å². The fourth-order valence-electron chi connectivity index (χ4n) is 1.76. The molecular formula is C14H14BrNO4S. The first-order valence-corrected chi connectivity index (χ1v) is 8.30. The van der Waals surface area contributed by atoms with Crippen molar-refractivity contribution in [1.82, 2.24) is 0 Å². The number of hydrogen-bond acceptors (Lipinski definition) is 4. The molecule has 0 heterocycles. The zero-order valence-electron chi connectivity index (χ0n) is 11.2. The van der Waals surface area contributed by atoms with E-state index in [-0.39, 0.29) is 11.5 Å². The van der Waals surface area contributed by atoms with Gasteiger partial charge in [-0.05, 0) is 51.8 Å². The quantitative estimate of drug-likeness (QED) is 0.846. The van der Waals surface area contributed by atoms with Crippen molar-refractivity contribution < 1.29 is 18.3 Å². The molecule has 2 aromatic rings. The molecule has 21 heavy (non-hydrogen) atoms. The van der Waals surface area contributed by atoms with E-state index in [1.165, 1.54) is 19.2 Å². The van der Waals surface area contributed by atoms with Gasteiger partial charge in [0.1, 0.15) is 5.75 Å². The second kappa shape index (κ2) is 6.46. The lowest BCUT2D eigenvalue weighted by atomic mass is 10.2. The first-order valence-electron chi connectivity index (χ1n) is 6.02. The van der Waals surface area contributed by atoms with Crippen LogP contribution in [0.4, 0.5) is 5.69 Å². The van der Waals surface area contributed by atoms with E-state index in [2.05, 4.69) is 20.7 Å². The highest BCUT2D eigenvalue weighted by atomic mass is 79.9. The maximum Gasteiger partial charge on any atom is 0.261 e. The number of aliphatic hydroxyl groups excluding tert-OH is 1. The summed E-state index contributed by atoms with van der Waals surface area (Å²) in [6, 6.07) is 11.1. The van der Waals surface area contributed by atoms with Crippen molar-refractivity contribution in [3.63, 3.8) is 0 Å². The molecular weight excluding hydrogens is 358 g/mol. The third kappa shape index (κ3) is 3.75. The highest BCUT2D eigenvalue weighted by Gasteiger charge is 2.16. The Morgan fingerprint density at radius 3 is 2.62 bits per heavy atom. The molecule has 0 bridgehead atoms. The molecule has 2 rings (SSSR count). The molecule has 0 aliphatic rings. The highest BCUT2D eigenvalue weighted by Crippen LogP contribution is 2.28. The van der Waals surface area contributed by atoms with Gasteiger partial charge in [0.15, 0.2) is 0 Å². The van der Waals surface area contributed by atoms with Crippen LogP contribution in [0.3, 0.4) is 0 Å². The van der Waals surface area contributed by atoms with Crippen LogP contribution in [0.25, 0.3) is 0 Å². The number of halogens is 1. The molecule has 2 N–H and O–H groups in total. The molecule has 112 valence electrons. The van der Waals surface area contributed by atoms with E-state index in [1.54, 1.807) is 30.3 Å². The Bertz CT molecular complexity index is 746. The van der Waals surface area contributed by atoms with Crippen LogP contribution >= 0.6 is 15.9 Å². The minimum atomic E-state index is -3.70. The van der Waals surface area contributed by atoms with Crippen LogP contribution in [-0.4, -0.2) is 20.6 Å². The van der Waals surface area contributed by atoms with Gasteiger partial charge in [-0.25, -0.2) is 8.42 Å². The van der Waals surface area contributed by atoms with Crippen molar-refractivity contribution >= 4 is 31.6 Å². The first kappa shape index (κ1) is 15.8. The number of hydrogen-bond donors (Lipinski definition) is 2. The Balaban J connectivity index is 2.31. The predicted octanol–water partition coefficient (Wildman–Crippen LogP) is 2.75. The molecule has 0 aliphatic carbocycles. The lowest BCUT2D eigenvalue weighted by molar-refractivity contribution is 0.282. The van der Waals surface area contributed by atoms with E-state index in [1.807, 2.05) is 0 Å². The fraction of sp³-hybridized carbons (Fsp3) is 0.143. The van der Waals surface area contributed by atoms with Gasteiger partial charge in [0, 0.05) is 5.69 Å². The Hall–Kier alpha value is -1.57. The van der Waals surface area contributed by atoms with Crippen LogP contribution in [0.1, 0.15) is 5.56 Å². The number of sulfonamides is 1. The van der Waals surface area contributed by atoms with E-state index in [9.17, 15) is 8.42 Å². The molecule has 0 saturated carbocycles. The van der Waals surface area contributed by atoms with Crippen LogP contribution in [-0.2, 0) is 16.6 Å². The van der Waals surface area contributed by atoms with Crippen molar-refractivity contribution in [2.75, 3.05) is 11.8 Å². The van der Waals surface area contributed by atoms with Crippen LogP contribution in [0, 0.1) is 0 Å². The molecule has 0 spiro atoms. The van der Waals surface area contributed by atoms with Crippen molar-refractivity contribution in [2.45, 2.75) is 11.5 Å². The number of aliphatic hydroxyl groups is 1. The van der Waals surface area contributed by atoms with E-state index >= 15 is 0 Å². The van der Waals surface area contributed by atoms with Gasteiger partial charge in [-0.3, -0.25) is 4.72 Å². The van der Waals surface area contributed by atoms with Crippen molar-refractivity contribution in [1.29, 1.82) is 0 Å². The molecule has 0 fully saturated rings. The lowest BCUT2D eigenvalue weighted by Gasteiger charge is -2.10. The molecule has 0 aromatic heterocycles. The van der Waals surface area contributed by atoms with Gasteiger partial charge in [-0.2, -0.15) is 0 Å². The molecule has 0 unspecified atom stereocenters. The summed E-state index contributed by atoms with van der Waals surface area (Å²) in [6.07, 6.45) is 0. The van der Waals surface area contributed by atoms with Crippen LogP contribution < -0.4 is 9.46 Å². The minimum Gasteiger partial charge on any atom is -0.496 e. The monoisotopic (exact) mass is 371 g/mol. The highest BCUT2D eigenvalue weighted by molar-refractivity contribution is 9.10. The van der Waals surface area contributed by atoms with Crippen LogP contribution in [0.2, 0.25) is 0 Å². The van der Waals surface area contributed by atoms with E-state index in [0.717, 1.165) is 0 Å². The van der Waals surface area contributed by atoms with Crippen molar-refractivity contribution in [2.24, 2.45) is 0 Å². The van der Waals surface area contributed by atoms with Gasteiger partial charge in [0.05, 0.1) is 23.1 Å². The van der Waals surface area contributed by atoms with Gasteiger partial charge in [-0.1, -0.05) is 12.1 Å². The SMILES string of the molecule is COc1ccc(S(=O)(=O)Nc2cccc(CO)c2)cc1Br. The number of benzene rings is 2. The molecule has 0 atom stereocenters. The van der Waals surface area contributed by atoms with E-state index in [4.69, 9.17) is 9.84 Å². The molecule has 0 amide bonds. The summed E-state index contributed by atoms with van der Waals surface area (Å²) in [6.45, 7) is -0.149. The Labute approximate surface area is 131 Å². The Kier molecular flexibility index (Phi) is 4.87. The summed E-state index contributed by atoms with van der Waals surface area (Å²) >= 11 is 3.26. The lowest BCUT2D eigenvalue weighted by Crippen LogP contribution is -2.13. The molecule has 5 nitrogen and oxygen atoms in total. The summed E-state index contributed by atoms with van der Waals surface area (Å²) in [4.78, 5) is 0.115. The van der Waals surface area contributed by atoms with Crippen molar-refractivity contribution in [3.05, 3.63) is 52.5 Å². The third-order valence-electron chi connectivity index (χ3n) is 2.80. The predicted molar refractivity (Wildman–Crippen MR) is 83.9 cm³/mol.